The number of hydrogen-bond donors (Lipinski definition) is 2. The van der Waals surface area contributed by atoms with E-state index >= 15 is 4.39 Å². The maximum Gasteiger partial charge on any atom is 0.270 e. The summed E-state index contributed by atoms with van der Waals surface area (Å²) in [6.07, 6.45) is 1.20. The second kappa shape index (κ2) is 9.30. The minimum absolute atomic E-state index is 0.123. The Bertz CT molecular complexity index is 1590. The summed E-state index contributed by atoms with van der Waals surface area (Å²) in [6, 6.07) is 7.66. The zero-order valence-corrected chi connectivity index (χ0v) is 21.5. The topological polar surface area (TPSA) is 135 Å². The van der Waals surface area contributed by atoms with Gasteiger partial charge in [0, 0.05) is 25.4 Å². The van der Waals surface area contributed by atoms with Crippen LogP contribution in [-0.2, 0) is 24.8 Å². The molecule has 3 aromatic rings. The second-order valence-corrected chi connectivity index (χ2v) is 12.3. The van der Waals surface area contributed by atoms with E-state index in [0.717, 1.165) is 22.0 Å². The van der Waals surface area contributed by atoms with Crippen LogP contribution in [0.1, 0.15) is 41.3 Å². The zero-order chi connectivity index (χ0) is 26.4. The molecule has 10 nitrogen and oxygen atoms in total. The first-order valence-corrected chi connectivity index (χ1v) is 14.0. The summed E-state index contributed by atoms with van der Waals surface area (Å²) < 4.78 is 71.9. The maximum atomic E-state index is 15.5. The fourth-order valence-corrected chi connectivity index (χ4v) is 7.79. The third-order valence-electron chi connectivity index (χ3n) is 5.97. The average Bonchev–Trinajstić information content (AvgIpc) is 3.47. The standard InChI is InChI=1S/C23H25FN4O6S2/c1-14-6-8-17(9-7-14)35(31,32)28-20(36(33,34)27-10-4-5-11-27)13-18-21(23(30)26-25-16(3)29)15(2)12-19(24)22(18)28/h6-9,12-13H,4-5,10-11H2,1-3H3,(H,25,29)(H,26,30). The molecule has 1 aromatic heterocycles. The molecule has 0 atom stereocenters. The van der Waals surface area contributed by atoms with Crippen molar-refractivity contribution in [1.82, 2.24) is 19.1 Å². The molecular formula is C23H25FN4O6S2. The summed E-state index contributed by atoms with van der Waals surface area (Å²) in [5.74, 6) is -2.45. The largest absolute Gasteiger partial charge is 0.274 e. The number of amides is 2. The van der Waals surface area contributed by atoms with Crippen LogP contribution in [0.25, 0.3) is 10.9 Å². The number of carbonyl (C=O) groups is 2. The molecule has 2 aromatic carbocycles. The number of benzene rings is 2. The van der Waals surface area contributed by atoms with E-state index < -0.39 is 48.2 Å². The third-order valence-corrected chi connectivity index (χ3v) is 9.68. The molecule has 1 aliphatic heterocycles. The smallest absolute Gasteiger partial charge is 0.270 e. The van der Waals surface area contributed by atoms with Gasteiger partial charge in [0.1, 0.15) is 11.3 Å². The maximum absolute atomic E-state index is 15.5. The molecule has 4 rings (SSSR count). The Labute approximate surface area is 208 Å². The van der Waals surface area contributed by atoms with Crippen LogP contribution in [-0.4, -0.2) is 50.0 Å². The van der Waals surface area contributed by atoms with Gasteiger partial charge in [0.25, 0.3) is 26.0 Å². The highest BCUT2D eigenvalue weighted by molar-refractivity contribution is 7.92. The molecule has 0 radical (unpaired) electrons. The molecule has 2 heterocycles. The number of hydrogen-bond acceptors (Lipinski definition) is 6. The van der Waals surface area contributed by atoms with E-state index in [1.807, 2.05) is 0 Å². The van der Waals surface area contributed by atoms with Crippen molar-refractivity contribution in [2.75, 3.05) is 13.1 Å². The third kappa shape index (κ3) is 4.38. The summed E-state index contributed by atoms with van der Waals surface area (Å²) >= 11 is 0. The van der Waals surface area contributed by atoms with E-state index in [1.54, 1.807) is 19.1 Å². The number of carbonyl (C=O) groups excluding carboxylic acids is 2. The van der Waals surface area contributed by atoms with Crippen molar-refractivity contribution in [2.24, 2.45) is 0 Å². The molecule has 0 unspecified atom stereocenters. The molecule has 0 aliphatic carbocycles. The van der Waals surface area contributed by atoms with Crippen molar-refractivity contribution >= 4 is 42.8 Å². The lowest BCUT2D eigenvalue weighted by atomic mass is 10.0. The van der Waals surface area contributed by atoms with Crippen molar-refractivity contribution in [2.45, 2.75) is 43.5 Å². The number of hydrazine groups is 1. The van der Waals surface area contributed by atoms with Crippen LogP contribution in [0.4, 0.5) is 4.39 Å². The highest BCUT2D eigenvalue weighted by Gasteiger charge is 2.37. The van der Waals surface area contributed by atoms with Crippen molar-refractivity contribution in [3.63, 3.8) is 0 Å². The predicted octanol–water partition coefficient (Wildman–Crippen LogP) is 2.20. The molecule has 1 aliphatic rings. The molecule has 2 amide bonds. The summed E-state index contributed by atoms with van der Waals surface area (Å²) in [5, 5.41) is -0.887. The van der Waals surface area contributed by atoms with Crippen molar-refractivity contribution in [1.29, 1.82) is 0 Å². The first-order chi connectivity index (χ1) is 16.9. The second-order valence-electron chi connectivity index (χ2n) is 8.62. The van der Waals surface area contributed by atoms with Gasteiger partial charge in [0.2, 0.25) is 5.91 Å². The van der Waals surface area contributed by atoms with Crippen LogP contribution < -0.4 is 10.9 Å². The van der Waals surface area contributed by atoms with Gasteiger partial charge in [-0.2, -0.15) is 4.31 Å². The fourth-order valence-electron chi connectivity index (χ4n) is 4.23. The average molecular weight is 537 g/mol. The Balaban J connectivity index is 2.08. The minimum Gasteiger partial charge on any atom is -0.274 e. The fraction of sp³-hybridized carbons (Fsp3) is 0.304. The lowest BCUT2D eigenvalue weighted by molar-refractivity contribution is -0.119. The normalized spacial score (nSPS) is 14.8. The zero-order valence-electron chi connectivity index (χ0n) is 19.8. The van der Waals surface area contributed by atoms with Crippen molar-refractivity contribution in [3.05, 3.63) is 58.9 Å². The Hall–Kier alpha value is -3.29. The number of aromatic nitrogens is 1. The van der Waals surface area contributed by atoms with Crippen LogP contribution in [0, 0.1) is 19.7 Å². The molecule has 0 spiro atoms. The van der Waals surface area contributed by atoms with Gasteiger partial charge in [-0.1, -0.05) is 17.7 Å². The van der Waals surface area contributed by atoms with E-state index in [1.165, 1.54) is 26.0 Å². The van der Waals surface area contributed by atoms with Crippen molar-refractivity contribution < 1.29 is 30.8 Å². The Morgan fingerprint density at radius 3 is 2.11 bits per heavy atom. The van der Waals surface area contributed by atoms with E-state index in [4.69, 9.17) is 0 Å². The molecule has 1 fully saturated rings. The quantitative estimate of drug-likeness (QED) is 0.480. The van der Waals surface area contributed by atoms with E-state index in [0.29, 0.717) is 16.8 Å². The molecule has 1 saturated heterocycles. The van der Waals surface area contributed by atoms with Crippen LogP contribution in [0.5, 0.6) is 0 Å². The number of sulfonamides is 1. The van der Waals surface area contributed by atoms with Gasteiger partial charge in [0.05, 0.1) is 10.5 Å². The van der Waals surface area contributed by atoms with Gasteiger partial charge in [-0.15, -0.1) is 0 Å². The van der Waals surface area contributed by atoms with Gasteiger partial charge in [-0.3, -0.25) is 20.4 Å². The molecule has 192 valence electrons. The van der Waals surface area contributed by atoms with Gasteiger partial charge < -0.3 is 0 Å². The summed E-state index contributed by atoms with van der Waals surface area (Å²) in [7, 11) is -9.00. The highest BCUT2D eigenvalue weighted by Crippen LogP contribution is 2.35. The molecule has 0 saturated carbocycles. The summed E-state index contributed by atoms with van der Waals surface area (Å²) in [5.41, 5.74) is 4.44. The lowest BCUT2D eigenvalue weighted by Gasteiger charge is -2.18. The monoisotopic (exact) mass is 536 g/mol. The number of rotatable bonds is 5. The van der Waals surface area contributed by atoms with Gasteiger partial charge in [-0.25, -0.2) is 25.2 Å². The van der Waals surface area contributed by atoms with Gasteiger partial charge >= 0.3 is 0 Å². The predicted molar refractivity (Wildman–Crippen MR) is 130 cm³/mol. The molecular weight excluding hydrogens is 511 g/mol. The van der Waals surface area contributed by atoms with E-state index in [2.05, 4.69) is 10.9 Å². The van der Waals surface area contributed by atoms with Crippen LogP contribution in [0.2, 0.25) is 0 Å². The molecule has 2 N–H and O–H groups in total. The number of fused-ring (bicyclic) bond motifs is 1. The molecule has 0 bridgehead atoms. The van der Waals surface area contributed by atoms with Crippen LogP contribution in [0.3, 0.4) is 0 Å². The SMILES string of the molecule is CC(=O)NNC(=O)c1c(C)cc(F)c2c1cc(S(=O)(=O)N1CCCC1)n2S(=O)(=O)c1ccc(C)cc1. The highest BCUT2D eigenvalue weighted by atomic mass is 32.2. The molecule has 13 heteroatoms. The van der Waals surface area contributed by atoms with E-state index in [-0.39, 0.29) is 34.5 Å². The lowest BCUT2D eigenvalue weighted by Crippen LogP contribution is -2.40. The first kappa shape index (κ1) is 25.8. The first-order valence-electron chi connectivity index (χ1n) is 11.1. The Morgan fingerprint density at radius 2 is 1.53 bits per heavy atom. The van der Waals surface area contributed by atoms with Crippen LogP contribution >= 0.6 is 0 Å². The Kier molecular flexibility index (Phi) is 6.66. The van der Waals surface area contributed by atoms with Crippen LogP contribution in [0.15, 0.2) is 46.3 Å². The summed E-state index contributed by atoms with van der Waals surface area (Å²) in [4.78, 5) is 23.9. The number of halogens is 1. The van der Waals surface area contributed by atoms with Gasteiger partial charge in [-0.05, 0) is 56.5 Å². The van der Waals surface area contributed by atoms with E-state index in [9.17, 15) is 26.4 Å². The number of aryl methyl sites for hydroxylation is 2. The van der Waals surface area contributed by atoms with Gasteiger partial charge in [0.15, 0.2) is 5.03 Å². The van der Waals surface area contributed by atoms with Crippen molar-refractivity contribution in [3.8, 4) is 0 Å². The minimum atomic E-state index is -4.62. The summed E-state index contributed by atoms with van der Waals surface area (Å²) in [6.45, 7) is 4.72. The number of nitrogens with zero attached hydrogens (tertiary/aromatic N) is 2. The molecule has 36 heavy (non-hydrogen) atoms. The Morgan fingerprint density at radius 1 is 0.917 bits per heavy atom. The number of nitrogens with one attached hydrogen (secondary N) is 2.